The molecule has 1 fully saturated rings. The predicted molar refractivity (Wildman–Crippen MR) is 77.7 cm³/mol. The van der Waals surface area contributed by atoms with Gasteiger partial charge in [0.25, 0.3) is 0 Å². The third-order valence-electron chi connectivity index (χ3n) is 3.51. The first-order valence-corrected chi connectivity index (χ1v) is 8.85. The number of benzene rings is 1. The molecule has 8 heteroatoms. The number of hydrogen-bond donors (Lipinski definition) is 2. The first-order chi connectivity index (χ1) is 10.3. The zero-order valence-corrected chi connectivity index (χ0v) is 12.9. The van der Waals surface area contributed by atoms with E-state index in [1.54, 1.807) is 0 Å². The Labute approximate surface area is 128 Å². The second kappa shape index (κ2) is 6.70. The summed E-state index contributed by atoms with van der Waals surface area (Å²) in [6, 6.07) is 3.66. The van der Waals surface area contributed by atoms with Crippen LogP contribution in [-0.2, 0) is 14.8 Å². The molecule has 0 unspecified atom stereocenters. The molecule has 5 nitrogen and oxygen atoms in total. The molecule has 0 bridgehead atoms. The van der Waals surface area contributed by atoms with Crippen LogP contribution < -0.4 is 10.0 Å². The molecule has 2 N–H and O–H groups in total. The zero-order valence-electron chi connectivity index (χ0n) is 12.1. The van der Waals surface area contributed by atoms with Crippen molar-refractivity contribution in [1.29, 1.82) is 0 Å². The highest BCUT2D eigenvalue weighted by Crippen LogP contribution is 2.49. The van der Waals surface area contributed by atoms with E-state index in [9.17, 15) is 22.0 Å². The summed E-state index contributed by atoms with van der Waals surface area (Å²) in [6.45, 7) is 0.541. The fraction of sp³-hybridized carbons (Fsp3) is 0.500. The normalized spacial score (nSPS) is 20.7. The molecule has 0 saturated heterocycles. The lowest BCUT2D eigenvalue weighted by Crippen LogP contribution is -2.30. The Morgan fingerprint density at radius 1 is 1.27 bits per heavy atom. The van der Waals surface area contributed by atoms with E-state index in [2.05, 4.69) is 10.0 Å². The monoisotopic (exact) mass is 332 g/mol. The number of amides is 1. The molecule has 1 aliphatic carbocycles. The standard InChI is InChI=1S/C14H18F2N2O3S/c1-22(20,21)18-7-3-6-17-14(19)10-8-9(10)13-11(15)4-2-5-12(13)16/h2,4-5,9-10,18H,3,6-8H2,1H3,(H,17,19)/t9-,10-/m1/s1. The van der Waals surface area contributed by atoms with Crippen LogP contribution in [0.5, 0.6) is 0 Å². The first kappa shape index (κ1) is 16.8. The molecule has 22 heavy (non-hydrogen) atoms. The van der Waals surface area contributed by atoms with Gasteiger partial charge in [-0.2, -0.15) is 0 Å². The quantitative estimate of drug-likeness (QED) is 0.735. The van der Waals surface area contributed by atoms with Crippen LogP contribution >= 0.6 is 0 Å². The molecule has 0 radical (unpaired) electrons. The van der Waals surface area contributed by atoms with E-state index in [1.807, 2.05) is 0 Å². The number of halogens is 2. The molecule has 0 heterocycles. The maximum absolute atomic E-state index is 13.6. The van der Waals surface area contributed by atoms with Gasteiger partial charge in [0.2, 0.25) is 15.9 Å². The average molecular weight is 332 g/mol. The van der Waals surface area contributed by atoms with Crippen molar-refractivity contribution < 1.29 is 22.0 Å². The molecule has 2 rings (SSSR count). The minimum Gasteiger partial charge on any atom is -0.356 e. The molecule has 122 valence electrons. The maximum Gasteiger partial charge on any atom is 0.223 e. The van der Waals surface area contributed by atoms with Crippen LogP contribution in [0.3, 0.4) is 0 Å². The van der Waals surface area contributed by atoms with Crippen molar-refractivity contribution in [3.63, 3.8) is 0 Å². The number of rotatable bonds is 7. The van der Waals surface area contributed by atoms with Gasteiger partial charge in [-0.3, -0.25) is 4.79 Å². The summed E-state index contributed by atoms with van der Waals surface area (Å²) in [4.78, 5) is 11.9. The van der Waals surface area contributed by atoms with Crippen molar-refractivity contribution in [3.8, 4) is 0 Å². The van der Waals surface area contributed by atoms with E-state index in [4.69, 9.17) is 0 Å². The topological polar surface area (TPSA) is 75.3 Å². The Hall–Kier alpha value is -1.54. The van der Waals surface area contributed by atoms with Crippen molar-refractivity contribution in [3.05, 3.63) is 35.4 Å². The third kappa shape index (κ3) is 4.48. The second-order valence-corrected chi connectivity index (χ2v) is 7.23. The average Bonchev–Trinajstić information content (AvgIpc) is 3.17. The Morgan fingerprint density at radius 3 is 2.50 bits per heavy atom. The molecule has 0 aliphatic heterocycles. The summed E-state index contributed by atoms with van der Waals surface area (Å²) in [5, 5.41) is 2.65. The van der Waals surface area contributed by atoms with E-state index in [0.717, 1.165) is 6.26 Å². The van der Waals surface area contributed by atoms with Crippen LogP contribution in [0.15, 0.2) is 18.2 Å². The lowest BCUT2D eigenvalue weighted by atomic mass is 10.1. The molecular formula is C14H18F2N2O3S. The molecule has 1 aliphatic rings. The summed E-state index contributed by atoms with van der Waals surface area (Å²) in [5.41, 5.74) is -0.0265. The van der Waals surface area contributed by atoms with Gasteiger partial charge in [0.1, 0.15) is 11.6 Å². The number of carbonyl (C=O) groups is 1. The van der Waals surface area contributed by atoms with Crippen LogP contribution in [0.25, 0.3) is 0 Å². The van der Waals surface area contributed by atoms with Gasteiger partial charge in [0.05, 0.1) is 6.26 Å². The van der Waals surface area contributed by atoms with Crippen LogP contribution in [0.1, 0.15) is 24.3 Å². The lowest BCUT2D eigenvalue weighted by Gasteiger charge is -2.06. The maximum atomic E-state index is 13.6. The van der Waals surface area contributed by atoms with Crippen molar-refractivity contribution in [1.82, 2.24) is 10.0 Å². The van der Waals surface area contributed by atoms with Crippen LogP contribution in [-0.4, -0.2) is 33.7 Å². The molecule has 1 saturated carbocycles. The van der Waals surface area contributed by atoms with Gasteiger partial charge in [-0.05, 0) is 25.0 Å². The van der Waals surface area contributed by atoms with Gasteiger partial charge in [-0.15, -0.1) is 0 Å². The van der Waals surface area contributed by atoms with E-state index < -0.39 is 33.5 Å². The Kier molecular flexibility index (Phi) is 5.12. The highest BCUT2D eigenvalue weighted by molar-refractivity contribution is 7.88. The fourth-order valence-corrected chi connectivity index (χ4v) is 2.87. The summed E-state index contributed by atoms with van der Waals surface area (Å²) in [6.07, 6.45) is 1.93. The van der Waals surface area contributed by atoms with E-state index in [-0.39, 0.29) is 18.0 Å². The molecule has 0 aromatic heterocycles. The van der Waals surface area contributed by atoms with Gasteiger partial charge < -0.3 is 5.32 Å². The highest BCUT2D eigenvalue weighted by Gasteiger charge is 2.46. The first-order valence-electron chi connectivity index (χ1n) is 6.96. The van der Waals surface area contributed by atoms with E-state index >= 15 is 0 Å². The molecule has 0 spiro atoms. The Bertz CT molecular complexity index is 644. The van der Waals surface area contributed by atoms with Crippen molar-refractivity contribution in [2.45, 2.75) is 18.8 Å². The zero-order chi connectivity index (χ0) is 16.3. The number of hydrogen-bond acceptors (Lipinski definition) is 3. The van der Waals surface area contributed by atoms with Gasteiger partial charge in [0, 0.05) is 30.5 Å². The summed E-state index contributed by atoms with van der Waals surface area (Å²) >= 11 is 0. The Balaban J connectivity index is 1.77. The highest BCUT2D eigenvalue weighted by atomic mass is 32.2. The minimum atomic E-state index is -3.23. The van der Waals surface area contributed by atoms with Crippen LogP contribution in [0, 0.1) is 17.6 Å². The third-order valence-corrected chi connectivity index (χ3v) is 4.24. The van der Waals surface area contributed by atoms with Gasteiger partial charge in [-0.25, -0.2) is 21.9 Å². The minimum absolute atomic E-state index is 0.0265. The summed E-state index contributed by atoms with van der Waals surface area (Å²) in [5.74, 6) is -2.35. The number of carbonyl (C=O) groups excluding carboxylic acids is 1. The van der Waals surface area contributed by atoms with Crippen LogP contribution in [0.2, 0.25) is 0 Å². The Morgan fingerprint density at radius 2 is 1.91 bits per heavy atom. The lowest BCUT2D eigenvalue weighted by molar-refractivity contribution is -0.122. The predicted octanol–water partition coefficient (Wildman–Crippen LogP) is 1.12. The van der Waals surface area contributed by atoms with Crippen LogP contribution in [0.4, 0.5) is 8.78 Å². The second-order valence-electron chi connectivity index (χ2n) is 5.40. The van der Waals surface area contributed by atoms with Gasteiger partial charge in [0.15, 0.2) is 0 Å². The number of sulfonamides is 1. The molecule has 1 aromatic carbocycles. The molecule has 2 atom stereocenters. The smallest absolute Gasteiger partial charge is 0.223 e. The molecular weight excluding hydrogens is 314 g/mol. The fourth-order valence-electron chi connectivity index (χ4n) is 2.36. The van der Waals surface area contributed by atoms with Crippen molar-refractivity contribution in [2.24, 2.45) is 5.92 Å². The van der Waals surface area contributed by atoms with Gasteiger partial charge in [-0.1, -0.05) is 6.07 Å². The van der Waals surface area contributed by atoms with E-state index in [0.29, 0.717) is 19.4 Å². The SMILES string of the molecule is CS(=O)(=O)NCCCNC(=O)[C@@H]1C[C@H]1c1c(F)cccc1F. The summed E-state index contributed by atoms with van der Waals surface area (Å²) < 4.78 is 51.2. The largest absolute Gasteiger partial charge is 0.356 e. The van der Waals surface area contributed by atoms with Crippen molar-refractivity contribution in [2.75, 3.05) is 19.3 Å². The van der Waals surface area contributed by atoms with Crippen molar-refractivity contribution >= 4 is 15.9 Å². The molecule has 1 aromatic rings. The molecule has 1 amide bonds. The van der Waals surface area contributed by atoms with Gasteiger partial charge >= 0.3 is 0 Å². The van der Waals surface area contributed by atoms with E-state index in [1.165, 1.54) is 18.2 Å². The summed E-state index contributed by atoms with van der Waals surface area (Å²) in [7, 11) is -3.23. The number of nitrogens with one attached hydrogen (secondary N) is 2.